The van der Waals surface area contributed by atoms with Gasteiger partial charge in [-0.25, -0.2) is 0 Å². The summed E-state index contributed by atoms with van der Waals surface area (Å²) < 4.78 is 14.0. The maximum Gasteiger partial charge on any atom is 0.314 e. The Morgan fingerprint density at radius 3 is 2.72 bits per heavy atom. The minimum Gasteiger partial charge on any atom is -0.462 e. The lowest BCUT2D eigenvalue weighted by atomic mass is 9.80. The number of methoxy groups -OCH3 is 1. The smallest absolute Gasteiger partial charge is 0.314 e. The molecule has 1 saturated carbocycles. The molecule has 3 aliphatic rings. The molecule has 1 aromatic heterocycles. The second kappa shape index (κ2) is 11.5. The number of unbranched alkanes of at least 4 members (excludes halogenated alkanes) is 5. The molecule has 2 heterocycles. The van der Waals surface area contributed by atoms with Crippen molar-refractivity contribution in [1.82, 2.24) is 9.47 Å². The van der Waals surface area contributed by atoms with E-state index < -0.39 is 0 Å². The first kappa shape index (κ1) is 25.5. The van der Waals surface area contributed by atoms with Crippen molar-refractivity contribution in [2.75, 3.05) is 20.7 Å². The number of hydrogen-bond donors (Lipinski definition) is 0. The van der Waals surface area contributed by atoms with Crippen LogP contribution in [0, 0.1) is 5.92 Å². The fourth-order valence-electron chi connectivity index (χ4n) is 6.70. The Labute approximate surface area is 216 Å². The van der Waals surface area contributed by atoms with Gasteiger partial charge < -0.3 is 14.0 Å². The van der Waals surface area contributed by atoms with Gasteiger partial charge in [0.05, 0.1) is 12.0 Å². The van der Waals surface area contributed by atoms with E-state index in [0.29, 0.717) is 6.04 Å². The molecule has 2 aliphatic carbocycles. The van der Waals surface area contributed by atoms with E-state index in [1.165, 1.54) is 66.1 Å². The summed E-state index contributed by atoms with van der Waals surface area (Å²) in [5, 5.41) is 1.39. The highest BCUT2D eigenvalue weighted by Gasteiger charge is 2.37. The molecular formula is C31H44N2O3. The van der Waals surface area contributed by atoms with Crippen molar-refractivity contribution in [2.45, 2.75) is 102 Å². The number of esters is 1. The number of aryl methyl sites for hydroxylation is 1. The van der Waals surface area contributed by atoms with E-state index in [4.69, 9.17) is 9.47 Å². The van der Waals surface area contributed by atoms with Crippen LogP contribution in [0.25, 0.3) is 16.5 Å². The molecule has 2 aromatic rings. The summed E-state index contributed by atoms with van der Waals surface area (Å²) in [4.78, 5) is 15.6. The van der Waals surface area contributed by atoms with Gasteiger partial charge in [0.2, 0.25) is 0 Å². The number of likely N-dealkylation sites (N-methyl/N-ethyl adjacent to an activating group) is 1. The van der Waals surface area contributed by atoms with Gasteiger partial charge in [-0.15, -0.1) is 0 Å². The van der Waals surface area contributed by atoms with Crippen LogP contribution >= 0.6 is 0 Å². The van der Waals surface area contributed by atoms with Gasteiger partial charge in [0.25, 0.3) is 0 Å². The van der Waals surface area contributed by atoms with Crippen molar-refractivity contribution in [3.05, 3.63) is 41.6 Å². The highest BCUT2D eigenvalue weighted by atomic mass is 16.5. The number of aromatic nitrogens is 1. The molecule has 1 fully saturated rings. The minimum atomic E-state index is -0.216. The highest BCUT2D eigenvalue weighted by Crippen LogP contribution is 2.42. The van der Waals surface area contributed by atoms with E-state index in [-0.39, 0.29) is 24.1 Å². The average Bonchev–Trinajstić information content (AvgIpc) is 3.25. The van der Waals surface area contributed by atoms with Crippen LogP contribution < -0.4 is 0 Å². The zero-order valence-electron chi connectivity index (χ0n) is 22.5. The summed E-state index contributed by atoms with van der Waals surface area (Å²) in [6, 6.07) is 7.04. The molecule has 0 saturated heterocycles. The van der Waals surface area contributed by atoms with Crippen LogP contribution in [0.3, 0.4) is 0 Å². The molecule has 5 rings (SSSR count). The van der Waals surface area contributed by atoms with Crippen LogP contribution in [0.5, 0.6) is 0 Å². The van der Waals surface area contributed by atoms with Crippen molar-refractivity contribution in [2.24, 2.45) is 5.92 Å². The van der Waals surface area contributed by atoms with Crippen LogP contribution in [-0.4, -0.2) is 54.4 Å². The standard InChI is InChI=1S/C31H44N2O3/c1-4-5-6-7-8-9-16-33-21-22-18-29-27(26-14-11-15-28(33)30(22)26)17-23(20-32(29)2)31(34)36-25-13-10-12-24(19-25)35-3/h11,14-15,17,21,23-25,29H,4-10,12-13,16,18-20H2,1-3H3/t23-,24?,25?,29-/m1/s1. The summed E-state index contributed by atoms with van der Waals surface area (Å²) in [6.07, 6.45) is 17.6. The van der Waals surface area contributed by atoms with Crippen molar-refractivity contribution in [1.29, 1.82) is 0 Å². The molecule has 0 N–H and O–H groups in total. The zero-order chi connectivity index (χ0) is 25.1. The van der Waals surface area contributed by atoms with Gasteiger partial charge in [-0.1, -0.05) is 57.2 Å². The quantitative estimate of drug-likeness (QED) is 0.285. The topological polar surface area (TPSA) is 43.7 Å². The van der Waals surface area contributed by atoms with Crippen LogP contribution in [0.1, 0.15) is 82.3 Å². The number of hydrogen-bond acceptors (Lipinski definition) is 4. The van der Waals surface area contributed by atoms with Crippen LogP contribution in [0.15, 0.2) is 30.5 Å². The van der Waals surface area contributed by atoms with E-state index in [0.717, 1.165) is 45.2 Å². The zero-order valence-corrected chi connectivity index (χ0v) is 22.5. The number of benzene rings is 1. The van der Waals surface area contributed by atoms with E-state index >= 15 is 0 Å². The summed E-state index contributed by atoms with van der Waals surface area (Å²) in [6.45, 7) is 4.08. The molecule has 0 amide bonds. The molecule has 196 valence electrons. The molecule has 1 aromatic carbocycles. The first-order valence-electron chi connectivity index (χ1n) is 14.3. The van der Waals surface area contributed by atoms with Gasteiger partial charge >= 0.3 is 5.97 Å². The van der Waals surface area contributed by atoms with Crippen molar-refractivity contribution < 1.29 is 14.3 Å². The Kier molecular flexibility index (Phi) is 8.17. The normalized spacial score (nSPS) is 26.0. The fourth-order valence-corrected chi connectivity index (χ4v) is 6.70. The van der Waals surface area contributed by atoms with Crippen LogP contribution in [0.2, 0.25) is 0 Å². The number of fused-ring (bicyclic) bond motifs is 2. The van der Waals surface area contributed by atoms with E-state index in [1.807, 2.05) is 0 Å². The molecule has 1 aliphatic heterocycles. The number of nitrogens with zero attached hydrogens (tertiary/aromatic N) is 2. The van der Waals surface area contributed by atoms with Gasteiger partial charge in [-0.3, -0.25) is 9.69 Å². The molecular weight excluding hydrogens is 448 g/mol. The first-order valence-corrected chi connectivity index (χ1v) is 14.3. The molecule has 5 nitrogen and oxygen atoms in total. The van der Waals surface area contributed by atoms with E-state index in [9.17, 15) is 4.79 Å². The van der Waals surface area contributed by atoms with Crippen molar-refractivity contribution in [3.63, 3.8) is 0 Å². The average molecular weight is 493 g/mol. The predicted octanol–water partition coefficient (Wildman–Crippen LogP) is 6.37. The maximum atomic E-state index is 13.2. The third-order valence-corrected chi connectivity index (χ3v) is 8.71. The lowest BCUT2D eigenvalue weighted by molar-refractivity contribution is -0.156. The molecule has 4 atom stereocenters. The fraction of sp³-hybridized carbons (Fsp3) is 0.645. The van der Waals surface area contributed by atoms with Crippen LogP contribution in [-0.2, 0) is 27.2 Å². The Morgan fingerprint density at radius 2 is 1.89 bits per heavy atom. The third-order valence-electron chi connectivity index (χ3n) is 8.71. The third kappa shape index (κ3) is 5.28. The SMILES string of the molecule is CCCCCCCCn1cc2c3c(cccc31)C1=C[C@@H](C(=O)OC3CCCC(OC)C3)CN(C)[C@@H]1C2. The second-order valence-corrected chi connectivity index (χ2v) is 11.3. The molecule has 5 heteroatoms. The minimum absolute atomic E-state index is 0.0185. The Hall–Kier alpha value is -2.11. The van der Waals surface area contributed by atoms with E-state index in [2.05, 4.69) is 53.9 Å². The summed E-state index contributed by atoms with van der Waals surface area (Å²) in [7, 11) is 3.92. The Bertz CT molecular complexity index is 1090. The van der Waals surface area contributed by atoms with Gasteiger partial charge in [0, 0.05) is 49.8 Å². The predicted molar refractivity (Wildman–Crippen MR) is 146 cm³/mol. The first-order chi connectivity index (χ1) is 17.6. The van der Waals surface area contributed by atoms with E-state index in [1.54, 1.807) is 7.11 Å². The molecule has 2 unspecified atom stereocenters. The van der Waals surface area contributed by atoms with Gasteiger partial charge in [-0.2, -0.15) is 0 Å². The summed E-state index contributed by atoms with van der Waals surface area (Å²) in [5.41, 5.74) is 5.41. The number of rotatable bonds is 10. The molecule has 0 spiro atoms. The number of carbonyl (C=O) groups excluding carboxylic acids is 1. The summed E-state index contributed by atoms with van der Waals surface area (Å²) >= 11 is 0. The van der Waals surface area contributed by atoms with Gasteiger partial charge in [0.15, 0.2) is 0 Å². The molecule has 0 bridgehead atoms. The number of carbonyl (C=O) groups is 1. The van der Waals surface area contributed by atoms with Gasteiger partial charge in [-0.05, 0) is 61.9 Å². The Morgan fingerprint density at radius 1 is 1.08 bits per heavy atom. The lowest BCUT2D eigenvalue weighted by Gasteiger charge is -2.39. The van der Waals surface area contributed by atoms with Gasteiger partial charge in [0.1, 0.15) is 6.10 Å². The highest BCUT2D eigenvalue weighted by molar-refractivity contribution is 5.99. The Balaban J connectivity index is 1.33. The summed E-state index contributed by atoms with van der Waals surface area (Å²) in [5.74, 6) is -0.292. The van der Waals surface area contributed by atoms with Crippen LogP contribution in [0.4, 0.5) is 0 Å². The van der Waals surface area contributed by atoms with Crippen molar-refractivity contribution >= 4 is 22.4 Å². The van der Waals surface area contributed by atoms with Crippen molar-refractivity contribution in [3.8, 4) is 0 Å². The number of ether oxygens (including phenoxy) is 2. The maximum absolute atomic E-state index is 13.2. The second-order valence-electron chi connectivity index (χ2n) is 11.3. The monoisotopic (exact) mass is 492 g/mol. The largest absolute Gasteiger partial charge is 0.462 e. The molecule has 0 radical (unpaired) electrons. The molecule has 36 heavy (non-hydrogen) atoms. The lowest BCUT2D eigenvalue weighted by Crippen LogP contribution is -2.45.